The molecular formula is C18H17N3O2S. The van der Waals surface area contributed by atoms with Crippen LogP contribution in [0.1, 0.15) is 12.7 Å². The molecule has 1 heterocycles. The lowest BCUT2D eigenvalue weighted by Crippen LogP contribution is -2.25. The molecule has 6 heteroatoms. The zero-order chi connectivity index (χ0) is 16.9. The minimum atomic E-state index is 0.370. The molecule has 3 aromatic rings. The number of hydrazone groups is 1. The third kappa shape index (κ3) is 3.55. The third-order valence-electron chi connectivity index (χ3n) is 3.46. The molecule has 122 valence electrons. The Morgan fingerprint density at radius 3 is 2.67 bits per heavy atom. The van der Waals surface area contributed by atoms with Crippen molar-refractivity contribution >= 4 is 39.7 Å². The van der Waals surface area contributed by atoms with Crippen molar-refractivity contribution in [1.82, 2.24) is 5.43 Å². The van der Waals surface area contributed by atoms with E-state index in [-0.39, 0.29) is 0 Å². The number of methoxy groups -OCH3 is 1. The fraction of sp³-hybridized carbons (Fsp3) is 0.111. The number of nitrogens with one attached hydrogen (secondary N) is 2. The summed E-state index contributed by atoms with van der Waals surface area (Å²) >= 11 is 5.26. The lowest BCUT2D eigenvalue weighted by atomic mass is 10.2. The standard InChI is InChI=1S/C18H17N3O2S/c1-12(17-11-13-7-3-5-9-15(13)23-17)20-21-18(24)19-14-8-4-6-10-16(14)22-2/h3-11H,1-2H3,(H2,19,21,24)/b20-12-. The van der Waals surface area contributed by atoms with E-state index in [4.69, 9.17) is 21.4 Å². The first-order chi connectivity index (χ1) is 11.7. The monoisotopic (exact) mass is 339 g/mol. The van der Waals surface area contributed by atoms with E-state index in [1.807, 2.05) is 61.5 Å². The number of fused-ring (bicyclic) bond motifs is 1. The maximum absolute atomic E-state index is 5.76. The lowest BCUT2D eigenvalue weighted by molar-refractivity contribution is 0.417. The van der Waals surface area contributed by atoms with Gasteiger partial charge in [-0.05, 0) is 43.4 Å². The first-order valence-corrected chi connectivity index (χ1v) is 7.81. The number of hydrogen-bond donors (Lipinski definition) is 2. The van der Waals surface area contributed by atoms with Gasteiger partial charge >= 0.3 is 0 Å². The number of ether oxygens (including phenoxy) is 1. The summed E-state index contributed by atoms with van der Waals surface area (Å²) in [5.74, 6) is 1.41. The second-order valence-corrected chi connectivity index (χ2v) is 5.52. The van der Waals surface area contributed by atoms with E-state index in [1.54, 1.807) is 7.11 Å². The van der Waals surface area contributed by atoms with E-state index in [1.165, 1.54) is 0 Å². The number of furan rings is 1. The van der Waals surface area contributed by atoms with E-state index in [2.05, 4.69) is 15.8 Å². The normalized spacial score (nSPS) is 11.3. The number of hydrogen-bond acceptors (Lipinski definition) is 4. The van der Waals surface area contributed by atoms with Gasteiger partial charge in [-0.1, -0.05) is 30.3 Å². The molecule has 0 radical (unpaired) electrons. The van der Waals surface area contributed by atoms with Gasteiger partial charge in [0, 0.05) is 5.39 Å². The smallest absolute Gasteiger partial charge is 0.191 e. The summed E-state index contributed by atoms with van der Waals surface area (Å²) in [6.07, 6.45) is 0. The summed E-state index contributed by atoms with van der Waals surface area (Å²) in [6, 6.07) is 17.3. The largest absolute Gasteiger partial charge is 0.495 e. The van der Waals surface area contributed by atoms with E-state index < -0.39 is 0 Å². The SMILES string of the molecule is COc1ccccc1NC(=S)N/N=C(/C)c1cc2ccccc2o1. The first kappa shape index (κ1) is 16.0. The van der Waals surface area contributed by atoms with Crippen molar-refractivity contribution < 1.29 is 9.15 Å². The zero-order valence-electron chi connectivity index (χ0n) is 13.4. The summed E-state index contributed by atoms with van der Waals surface area (Å²) in [4.78, 5) is 0. The molecule has 2 N–H and O–H groups in total. The van der Waals surface area contributed by atoms with Crippen LogP contribution in [0, 0.1) is 0 Å². The van der Waals surface area contributed by atoms with E-state index in [0.717, 1.165) is 16.7 Å². The van der Waals surface area contributed by atoms with Crippen molar-refractivity contribution in [2.75, 3.05) is 12.4 Å². The fourth-order valence-electron chi connectivity index (χ4n) is 2.25. The average molecular weight is 339 g/mol. The highest BCUT2D eigenvalue weighted by Crippen LogP contribution is 2.23. The van der Waals surface area contributed by atoms with E-state index in [0.29, 0.717) is 22.3 Å². The Morgan fingerprint density at radius 2 is 1.88 bits per heavy atom. The number of rotatable bonds is 4. The summed E-state index contributed by atoms with van der Waals surface area (Å²) in [5, 5.41) is 8.73. The van der Waals surface area contributed by atoms with Crippen molar-refractivity contribution in [2.45, 2.75) is 6.92 Å². The van der Waals surface area contributed by atoms with Crippen LogP contribution < -0.4 is 15.5 Å². The van der Waals surface area contributed by atoms with Crippen molar-refractivity contribution in [3.8, 4) is 5.75 Å². The number of benzene rings is 2. The molecule has 3 rings (SSSR count). The minimum absolute atomic E-state index is 0.370. The predicted octanol–water partition coefficient (Wildman–Crippen LogP) is 4.15. The Labute approximate surface area is 145 Å². The Bertz CT molecular complexity index is 869. The molecule has 0 aliphatic carbocycles. The molecule has 0 aliphatic rings. The van der Waals surface area contributed by atoms with Crippen LogP contribution in [0.4, 0.5) is 5.69 Å². The molecule has 0 bridgehead atoms. The average Bonchev–Trinajstić information content (AvgIpc) is 3.04. The molecule has 5 nitrogen and oxygen atoms in total. The minimum Gasteiger partial charge on any atom is -0.495 e. The van der Waals surface area contributed by atoms with Gasteiger partial charge in [0.2, 0.25) is 0 Å². The number of nitrogens with zero attached hydrogens (tertiary/aromatic N) is 1. The van der Waals surface area contributed by atoms with Crippen molar-refractivity contribution in [1.29, 1.82) is 0 Å². The highest BCUT2D eigenvalue weighted by atomic mass is 32.1. The first-order valence-electron chi connectivity index (χ1n) is 7.40. The van der Waals surface area contributed by atoms with Gasteiger partial charge in [0.15, 0.2) is 10.9 Å². The van der Waals surface area contributed by atoms with Crippen molar-refractivity contribution in [3.63, 3.8) is 0 Å². The fourth-order valence-corrected chi connectivity index (χ4v) is 2.40. The van der Waals surface area contributed by atoms with Gasteiger partial charge in [-0.2, -0.15) is 5.10 Å². The van der Waals surface area contributed by atoms with Crippen LogP contribution >= 0.6 is 12.2 Å². The molecular weight excluding hydrogens is 322 g/mol. The van der Waals surface area contributed by atoms with Crippen LogP contribution in [-0.2, 0) is 0 Å². The number of anilines is 1. The van der Waals surface area contributed by atoms with E-state index >= 15 is 0 Å². The molecule has 0 atom stereocenters. The topological polar surface area (TPSA) is 58.8 Å². The van der Waals surface area contributed by atoms with Gasteiger partial charge in [0.25, 0.3) is 0 Å². The molecule has 24 heavy (non-hydrogen) atoms. The molecule has 0 spiro atoms. The molecule has 0 unspecified atom stereocenters. The van der Waals surface area contributed by atoms with Crippen LogP contribution in [0.15, 0.2) is 64.1 Å². The summed E-state index contributed by atoms with van der Waals surface area (Å²) in [6.45, 7) is 1.86. The summed E-state index contributed by atoms with van der Waals surface area (Å²) in [7, 11) is 1.61. The summed E-state index contributed by atoms with van der Waals surface area (Å²) < 4.78 is 11.0. The predicted molar refractivity (Wildman–Crippen MR) is 101 cm³/mol. The van der Waals surface area contributed by atoms with Gasteiger partial charge in [-0.3, -0.25) is 5.43 Å². The highest BCUT2D eigenvalue weighted by molar-refractivity contribution is 7.80. The third-order valence-corrected chi connectivity index (χ3v) is 3.66. The molecule has 0 saturated heterocycles. The Balaban J connectivity index is 1.69. The van der Waals surface area contributed by atoms with Gasteiger partial charge in [0.05, 0.1) is 12.8 Å². The molecule has 2 aromatic carbocycles. The van der Waals surface area contributed by atoms with Crippen molar-refractivity contribution in [2.24, 2.45) is 5.10 Å². The van der Waals surface area contributed by atoms with E-state index in [9.17, 15) is 0 Å². The number of para-hydroxylation sites is 3. The molecule has 0 aliphatic heterocycles. The number of thiocarbonyl (C=S) groups is 1. The zero-order valence-corrected chi connectivity index (χ0v) is 14.2. The molecule has 0 amide bonds. The Kier molecular flexibility index (Phi) is 4.77. The lowest BCUT2D eigenvalue weighted by Gasteiger charge is -2.11. The molecule has 1 aromatic heterocycles. The summed E-state index contributed by atoms with van der Waals surface area (Å²) in [5.41, 5.74) is 5.12. The quantitative estimate of drug-likeness (QED) is 0.425. The van der Waals surface area contributed by atoms with Gasteiger partial charge < -0.3 is 14.5 Å². The Hall–Kier alpha value is -2.86. The molecule has 0 fully saturated rings. The van der Waals surface area contributed by atoms with Crippen LogP contribution in [-0.4, -0.2) is 17.9 Å². The Morgan fingerprint density at radius 1 is 1.12 bits per heavy atom. The maximum Gasteiger partial charge on any atom is 0.191 e. The van der Waals surface area contributed by atoms with Crippen LogP contribution in [0.25, 0.3) is 11.0 Å². The van der Waals surface area contributed by atoms with Crippen molar-refractivity contribution in [3.05, 3.63) is 60.4 Å². The second kappa shape index (κ2) is 7.14. The van der Waals surface area contributed by atoms with Gasteiger partial charge in [0.1, 0.15) is 17.0 Å². The highest BCUT2D eigenvalue weighted by Gasteiger charge is 2.07. The van der Waals surface area contributed by atoms with Crippen LogP contribution in [0.5, 0.6) is 5.75 Å². The van der Waals surface area contributed by atoms with Crippen LogP contribution in [0.2, 0.25) is 0 Å². The maximum atomic E-state index is 5.76. The van der Waals surface area contributed by atoms with Gasteiger partial charge in [-0.25, -0.2) is 0 Å². The van der Waals surface area contributed by atoms with Crippen LogP contribution in [0.3, 0.4) is 0 Å². The second-order valence-electron chi connectivity index (χ2n) is 5.11. The molecule has 0 saturated carbocycles. The van der Waals surface area contributed by atoms with Gasteiger partial charge in [-0.15, -0.1) is 0 Å².